The summed E-state index contributed by atoms with van der Waals surface area (Å²) in [5, 5.41) is 2.89. The van der Waals surface area contributed by atoms with Crippen LogP contribution in [0.4, 0.5) is 11.4 Å². The number of nitrogens with zero attached hydrogens (tertiary/aromatic N) is 1. The van der Waals surface area contributed by atoms with Crippen LogP contribution in [0.15, 0.2) is 29.3 Å². The average molecular weight is 230 g/mol. The van der Waals surface area contributed by atoms with E-state index in [4.69, 9.17) is 0 Å². The van der Waals surface area contributed by atoms with Gasteiger partial charge in [-0.3, -0.25) is 9.79 Å². The molecule has 0 spiro atoms. The predicted octanol–water partition coefficient (Wildman–Crippen LogP) is 3.68. The van der Waals surface area contributed by atoms with Crippen molar-refractivity contribution in [2.45, 2.75) is 39.0 Å². The number of nitrogens with one attached hydrogen (secondary N) is 1. The smallest absolute Gasteiger partial charge is 0.230 e. The van der Waals surface area contributed by atoms with Crippen LogP contribution >= 0.6 is 0 Å². The van der Waals surface area contributed by atoms with E-state index in [2.05, 4.69) is 17.2 Å². The summed E-state index contributed by atoms with van der Waals surface area (Å²) >= 11 is 0. The second-order valence-electron chi connectivity index (χ2n) is 4.38. The quantitative estimate of drug-likeness (QED) is 0.787. The lowest BCUT2D eigenvalue weighted by Crippen LogP contribution is -2.14. The van der Waals surface area contributed by atoms with E-state index < -0.39 is 0 Å². The minimum absolute atomic E-state index is 0.0465. The summed E-state index contributed by atoms with van der Waals surface area (Å²) in [6.07, 6.45) is 4.86. The lowest BCUT2D eigenvalue weighted by atomic mass is 10.1. The third-order valence-electron chi connectivity index (χ3n) is 2.89. The van der Waals surface area contributed by atoms with Crippen molar-refractivity contribution >= 4 is 23.0 Å². The van der Waals surface area contributed by atoms with Crippen molar-refractivity contribution in [3.8, 4) is 0 Å². The number of hydrogen-bond acceptors (Lipinski definition) is 2. The van der Waals surface area contributed by atoms with Crippen molar-refractivity contribution in [3.05, 3.63) is 24.3 Å². The molecule has 90 valence electrons. The van der Waals surface area contributed by atoms with Crippen molar-refractivity contribution in [2.24, 2.45) is 4.99 Å². The minimum atomic E-state index is 0.0465. The lowest BCUT2D eigenvalue weighted by molar-refractivity contribution is -0.115. The molecule has 0 aromatic heterocycles. The monoisotopic (exact) mass is 230 g/mol. The fourth-order valence-corrected chi connectivity index (χ4v) is 1.99. The van der Waals surface area contributed by atoms with E-state index in [1.54, 1.807) is 0 Å². The third-order valence-corrected chi connectivity index (χ3v) is 2.89. The van der Waals surface area contributed by atoms with Crippen molar-refractivity contribution < 1.29 is 4.79 Å². The van der Waals surface area contributed by atoms with Gasteiger partial charge in [0.1, 0.15) is 0 Å². The molecule has 2 rings (SSSR count). The van der Waals surface area contributed by atoms with Crippen LogP contribution in [-0.4, -0.2) is 11.6 Å². The van der Waals surface area contributed by atoms with Crippen LogP contribution < -0.4 is 5.32 Å². The molecule has 3 heteroatoms. The van der Waals surface area contributed by atoms with Gasteiger partial charge in [-0.1, -0.05) is 31.9 Å². The number of rotatable bonds is 4. The number of anilines is 1. The molecule has 1 aromatic rings. The Bertz CT molecular complexity index is 438. The molecule has 0 saturated heterocycles. The highest BCUT2D eigenvalue weighted by atomic mass is 16.1. The molecule has 17 heavy (non-hydrogen) atoms. The van der Waals surface area contributed by atoms with E-state index in [9.17, 15) is 4.79 Å². The van der Waals surface area contributed by atoms with Gasteiger partial charge in [0.15, 0.2) is 0 Å². The Hall–Kier alpha value is -1.64. The molecule has 0 fully saturated rings. The summed E-state index contributed by atoms with van der Waals surface area (Å²) in [6, 6.07) is 7.70. The number of hydrogen-bond donors (Lipinski definition) is 1. The molecular formula is C14H18N2O. The van der Waals surface area contributed by atoms with Gasteiger partial charge >= 0.3 is 0 Å². The zero-order chi connectivity index (χ0) is 12.1. The van der Waals surface area contributed by atoms with Crippen LogP contribution in [0.3, 0.4) is 0 Å². The predicted molar refractivity (Wildman–Crippen MR) is 70.9 cm³/mol. The van der Waals surface area contributed by atoms with Crippen molar-refractivity contribution in [1.82, 2.24) is 0 Å². The Morgan fingerprint density at radius 1 is 1.29 bits per heavy atom. The molecule has 0 unspecified atom stereocenters. The summed E-state index contributed by atoms with van der Waals surface area (Å²) in [4.78, 5) is 16.3. The van der Waals surface area contributed by atoms with E-state index in [-0.39, 0.29) is 5.91 Å². The number of amides is 1. The Kier molecular flexibility index (Phi) is 3.91. The van der Waals surface area contributed by atoms with Gasteiger partial charge in [0.05, 0.1) is 17.8 Å². The second-order valence-corrected chi connectivity index (χ2v) is 4.38. The minimum Gasteiger partial charge on any atom is -0.324 e. The van der Waals surface area contributed by atoms with E-state index in [1.807, 2.05) is 24.3 Å². The highest BCUT2D eigenvalue weighted by Gasteiger charge is 2.14. The third kappa shape index (κ3) is 3.16. The summed E-state index contributed by atoms with van der Waals surface area (Å²) in [5.41, 5.74) is 2.70. The van der Waals surface area contributed by atoms with Crippen LogP contribution in [0.5, 0.6) is 0 Å². The first-order valence-electron chi connectivity index (χ1n) is 6.25. The lowest BCUT2D eigenvalue weighted by Gasteiger charge is -2.02. The van der Waals surface area contributed by atoms with Gasteiger partial charge in [-0.15, -0.1) is 0 Å². The van der Waals surface area contributed by atoms with Crippen molar-refractivity contribution in [1.29, 1.82) is 0 Å². The largest absolute Gasteiger partial charge is 0.324 e. The molecule has 1 N–H and O–H groups in total. The van der Waals surface area contributed by atoms with Gasteiger partial charge in [0.25, 0.3) is 0 Å². The zero-order valence-electron chi connectivity index (χ0n) is 10.2. The molecule has 0 bridgehead atoms. The molecule has 1 heterocycles. The van der Waals surface area contributed by atoms with E-state index in [0.29, 0.717) is 6.42 Å². The molecule has 1 aliphatic heterocycles. The van der Waals surface area contributed by atoms with Crippen LogP contribution in [0.1, 0.15) is 39.0 Å². The fraction of sp³-hybridized carbons (Fsp3) is 0.429. The van der Waals surface area contributed by atoms with Crippen LogP contribution in [0.25, 0.3) is 0 Å². The normalized spacial score (nSPS) is 14.6. The molecule has 0 atom stereocenters. The Balaban J connectivity index is 2.16. The molecule has 1 aliphatic rings. The number of carbonyl (C=O) groups excluding carboxylic acids is 1. The first-order chi connectivity index (χ1) is 8.29. The number of para-hydroxylation sites is 2. The number of unbranched alkanes of at least 4 members (excludes halogenated alkanes) is 2. The van der Waals surface area contributed by atoms with E-state index >= 15 is 0 Å². The van der Waals surface area contributed by atoms with Gasteiger partial charge in [-0.2, -0.15) is 0 Å². The number of aliphatic imine (C=N–C) groups is 1. The standard InChI is InChI=1S/C14H18N2O/c1-2-3-4-7-11-10-14(17)16-13-9-6-5-8-12(13)15-11/h5-6,8-9H,2-4,7,10H2,1H3,(H,16,17). The summed E-state index contributed by atoms with van der Waals surface area (Å²) in [7, 11) is 0. The zero-order valence-corrected chi connectivity index (χ0v) is 10.2. The maximum atomic E-state index is 11.7. The van der Waals surface area contributed by atoms with Crippen LogP contribution in [0, 0.1) is 0 Å². The molecule has 1 aromatic carbocycles. The molecule has 3 nitrogen and oxygen atoms in total. The first-order valence-corrected chi connectivity index (χ1v) is 6.25. The molecular weight excluding hydrogens is 212 g/mol. The first kappa shape index (κ1) is 11.8. The number of fused-ring (bicyclic) bond motifs is 1. The summed E-state index contributed by atoms with van der Waals surface area (Å²) < 4.78 is 0. The SMILES string of the molecule is CCCCCC1=Nc2ccccc2NC(=O)C1. The topological polar surface area (TPSA) is 41.5 Å². The molecule has 0 radical (unpaired) electrons. The van der Waals surface area contributed by atoms with E-state index in [1.165, 1.54) is 12.8 Å². The fourth-order valence-electron chi connectivity index (χ4n) is 1.99. The maximum Gasteiger partial charge on any atom is 0.230 e. The Morgan fingerprint density at radius 2 is 2.12 bits per heavy atom. The Labute approximate surface area is 102 Å². The van der Waals surface area contributed by atoms with Gasteiger partial charge < -0.3 is 5.32 Å². The molecule has 0 aliphatic carbocycles. The van der Waals surface area contributed by atoms with Crippen LogP contribution in [-0.2, 0) is 4.79 Å². The summed E-state index contributed by atoms with van der Waals surface area (Å²) in [6.45, 7) is 2.18. The van der Waals surface area contributed by atoms with Crippen molar-refractivity contribution in [3.63, 3.8) is 0 Å². The highest BCUT2D eigenvalue weighted by Crippen LogP contribution is 2.27. The number of carbonyl (C=O) groups is 1. The maximum absolute atomic E-state index is 11.7. The van der Waals surface area contributed by atoms with Gasteiger partial charge in [-0.05, 0) is 25.0 Å². The summed E-state index contributed by atoms with van der Waals surface area (Å²) in [5.74, 6) is 0.0465. The second kappa shape index (κ2) is 5.62. The van der Waals surface area contributed by atoms with Gasteiger partial charge in [0, 0.05) is 5.71 Å². The van der Waals surface area contributed by atoms with Crippen LogP contribution in [0.2, 0.25) is 0 Å². The number of benzene rings is 1. The highest BCUT2D eigenvalue weighted by molar-refractivity contribution is 6.10. The molecule has 0 saturated carbocycles. The van der Waals surface area contributed by atoms with Gasteiger partial charge in [0.2, 0.25) is 5.91 Å². The van der Waals surface area contributed by atoms with E-state index in [0.717, 1.165) is 29.9 Å². The molecule has 1 amide bonds. The van der Waals surface area contributed by atoms with Crippen molar-refractivity contribution in [2.75, 3.05) is 5.32 Å². The Morgan fingerprint density at radius 3 is 2.94 bits per heavy atom. The average Bonchev–Trinajstić information content (AvgIpc) is 2.47. The van der Waals surface area contributed by atoms with Gasteiger partial charge in [-0.25, -0.2) is 0 Å².